The highest BCUT2D eigenvalue weighted by molar-refractivity contribution is 7.78. The lowest BCUT2D eigenvalue weighted by molar-refractivity contribution is 0.289. The molecule has 0 radical (unpaired) electrons. The van der Waals surface area contributed by atoms with Crippen LogP contribution >= 0.6 is 12.2 Å². The van der Waals surface area contributed by atoms with Crippen molar-refractivity contribution in [3.63, 3.8) is 0 Å². The van der Waals surface area contributed by atoms with Gasteiger partial charge in [0.2, 0.25) is 0 Å². The van der Waals surface area contributed by atoms with Crippen LogP contribution in [0.4, 0.5) is 0 Å². The first kappa shape index (κ1) is 9.32. The highest BCUT2D eigenvalue weighted by Crippen LogP contribution is 2.35. The molecule has 0 spiro atoms. The molecule has 72 valence electrons. The van der Waals surface area contributed by atoms with E-state index in [0.717, 1.165) is 5.92 Å². The van der Waals surface area contributed by atoms with Crippen LogP contribution in [-0.2, 0) is 4.74 Å². The van der Waals surface area contributed by atoms with Crippen molar-refractivity contribution >= 4 is 17.4 Å². The zero-order valence-electron chi connectivity index (χ0n) is 7.74. The van der Waals surface area contributed by atoms with Gasteiger partial charge in [-0.3, -0.25) is 0 Å². The quantitative estimate of drug-likeness (QED) is 0.395. The van der Waals surface area contributed by atoms with Crippen LogP contribution in [0.3, 0.4) is 0 Å². The van der Waals surface area contributed by atoms with Crippen molar-refractivity contribution in [3.05, 3.63) is 0 Å². The van der Waals surface area contributed by atoms with E-state index in [1.807, 2.05) is 0 Å². The Hall–Kier alpha value is -0.240. The number of aliphatic imine (C=N–C) groups is 1. The molecule has 0 aromatic rings. The second-order valence-corrected chi connectivity index (χ2v) is 4.21. The lowest BCUT2D eigenvalue weighted by Gasteiger charge is -2.20. The van der Waals surface area contributed by atoms with Crippen molar-refractivity contribution < 1.29 is 4.74 Å². The third kappa shape index (κ3) is 2.60. The Morgan fingerprint density at radius 2 is 2.08 bits per heavy atom. The molecule has 0 N–H and O–H groups in total. The largest absolute Gasteiger partial charge is 0.345 e. The van der Waals surface area contributed by atoms with Crippen molar-refractivity contribution in [2.45, 2.75) is 50.9 Å². The van der Waals surface area contributed by atoms with Crippen molar-refractivity contribution in [1.82, 2.24) is 0 Å². The molecule has 1 aliphatic carbocycles. The van der Waals surface area contributed by atoms with Crippen molar-refractivity contribution in [3.8, 4) is 0 Å². The molecule has 0 aromatic carbocycles. The maximum absolute atomic E-state index is 5.36. The minimum atomic E-state index is 0.0550. The summed E-state index contributed by atoms with van der Waals surface area (Å²) in [5.74, 6) is 0.879. The van der Waals surface area contributed by atoms with Gasteiger partial charge in [0.15, 0.2) is 6.23 Å². The Bertz CT molecular complexity index is 219. The Morgan fingerprint density at radius 1 is 1.31 bits per heavy atom. The van der Waals surface area contributed by atoms with Crippen LogP contribution in [0, 0.1) is 5.92 Å². The highest BCUT2D eigenvalue weighted by Gasteiger charge is 2.40. The number of ether oxygens (including phenoxy) is 1. The van der Waals surface area contributed by atoms with Gasteiger partial charge in [-0.05, 0) is 24.6 Å². The fourth-order valence-electron chi connectivity index (χ4n) is 2.22. The molecule has 2 fully saturated rings. The van der Waals surface area contributed by atoms with E-state index in [-0.39, 0.29) is 6.23 Å². The van der Waals surface area contributed by atoms with Gasteiger partial charge in [-0.25, -0.2) is 0 Å². The minimum absolute atomic E-state index is 0.0550. The summed E-state index contributed by atoms with van der Waals surface area (Å²) < 4.78 is 5.36. The zero-order valence-corrected chi connectivity index (χ0v) is 8.55. The van der Waals surface area contributed by atoms with Crippen LogP contribution in [0.1, 0.15) is 38.5 Å². The summed E-state index contributed by atoms with van der Waals surface area (Å²) in [6.45, 7) is 0. The number of hydrogen-bond donors (Lipinski definition) is 0. The van der Waals surface area contributed by atoms with Crippen LogP contribution in [0.25, 0.3) is 0 Å². The average molecular weight is 197 g/mol. The molecule has 1 saturated carbocycles. The van der Waals surface area contributed by atoms with Gasteiger partial charge in [-0.2, -0.15) is 4.99 Å². The molecule has 2 unspecified atom stereocenters. The second-order valence-electron chi connectivity index (χ2n) is 4.03. The molecule has 0 aromatic heterocycles. The van der Waals surface area contributed by atoms with E-state index < -0.39 is 0 Å². The van der Waals surface area contributed by atoms with E-state index in [4.69, 9.17) is 4.74 Å². The number of isothiocyanates is 1. The summed E-state index contributed by atoms with van der Waals surface area (Å²) in [4.78, 5) is 3.93. The molecule has 1 heterocycles. The van der Waals surface area contributed by atoms with E-state index >= 15 is 0 Å². The standard InChI is InChI=1S/C10H15NOS/c13-7-11-10-9(12-10)6-8-4-2-1-3-5-8/h8-10H,1-6H2. The molecule has 0 bridgehead atoms. The van der Waals surface area contributed by atoms with Gasteiger partial charge in [0.1, 0.15) is 6.10 Å². The Kier molecular flexibility index (Phi) is 3.09. The second kappa shape index (κ2) is 4.32. The molecule has 2 rings (SSSR count). The minimum Gasteiger partial charge on any atom is -0.345 e. The van der Waals surface area contributed by atoms with Crippen LogP contribution < -0.4 is 0 Å². The fourth-order valence-corrected chi connectivity index (χ4v) is 2.33. The van der Waals surface area contributed by atoms with Gasteiger partial charge in [0, 0.05) is 0 Å². The summed E-state index contributed by atoms with van der Waals surface area (Å²) in [5, 5.41) is 2.38. The number of rotatable bonds is 3. The van der Waals surface area contributed by atoms with E-state index in [1.165, 1.54) is 38.5 Å². The van der Waals surface area contributed by atoms with Gasteiger partial charge < -0.3 is 4.74 Å². The summed E-state index contributed by atoms with van der Waals surface area (Å²) >= 11 is 4.53. The molecule has 1 aliphatic heterocycles. The zero-order chi connectivity index (χ0) is 9.10. The van der Waals surface area contributed by atoms with Crippen LogP contribution in [-0.4, -0.2) is 17.5 Å². The highest BCUT2D eigenvalue weighted by atomic mass is 32.1. The molecule has 13 heavy (non-hydrogen) atoms. The predicted octanol–water partition coefficient (Wildman–Crippen LogP) is 2.78. The van der Waals surface area contributed by atoms with E-state index in [2.05, 4.69) is 22.4 Å². The molecule has 0 amide bonds. The third-order valence-electron chi connectivity index (χ3n) is 3.03. The predicted molar refractivity (Wildman–Crippen MR) is 54.9 cm³/mol. The number of nitrogens with zero attached hydrogens (tertiary/aromatic N) is 1. The lowest BCUT2D eigenvalue weighted by atomic mass is 9.86. The van der Waals surface area contributed by atoms with Crippen LogP contribution in [0.2, 0.25) is 0 Å². The third-order valence-corrected chi connectivity index (χ3v) is 3.13. The maximum atomic E-state index is 5.36. The first-order chi connectivity index (χ1) is 6.40. The Morgan fingerprint density at radius 3 is 2.77 bits per heavy atom. The maximum Gasteiger partial charge on any atom is 0.184 e. The van der Waals surface area contributed by atoms with Gasteiger partial charge in [-0.1, -0.05) is 32.1 Å². The number of thiocarbonyl (C=S) groups is 1. The molecular formula is C10H15NOS. The normalized spacial score (nSPS) is 33.8. The molecule has 2 nitrogen and oxygen atoms in total. The topological polar surface area (TPSA) is 24.9 Å². The molecular weight excluding hydrogens is 182 g/mol. The SMILES string of the molecule is S=C=NC1OC1CC1CCCCC1. The molecule has 3 heteroatoms. The van der Waals surface area contributed by atoms with Gasteiger partial charge in [-0.15, -0.1) is 0 Å². The smallest absolute Gasteiger partial charge is 0.184 e. The number of hydrogen-bond acceptors (Lipinski definition) is 3. The van der Waals surface area contributed by atoms with Gasteiger partial charge >= 0.3 is 0 Å². The van der Waals surface area contributed by atoms with E-state index in [9.17, 15) is 0 Å². The van der Waals surface area contributed by atoms with E-state index in [1.54, 1.807) is 0 Å². The summed E-state index contributed by atoms with van der Waals surface area (Å²) in [7, 11) is 0. The van der Waals surface area contributed by atoms with E-state index in [0.29, 0.717) is 6.10 Å². The Labute approximate surface area is 84.4 Å². The first-order valence-electron chi connectivity index (χ1n) is 5.12. The monoisotopic (exact) mass is 197 g/mol. The molecule has 1 saturated heterocycles. The lowest BCUT2D eigenvalue weighted by Crippen LogP contribution is -2.09. The van der Waals surface area contributed by atoms with Gasteiger partial charge in [0.25, 0.3) is 0 Å². The summed E-state index contributed by atoms with van der Waals surface area (Å²) in [6.07, 6.45) is 8.59. The van der Waals surface area contributed by atoms with Crippen molar-refractivity contribution in [2.24, 2.45) is 10.9 Å². The fraction of sp³-hybridized carbons (Fsp3) is 0.900. The number of epoxide rings is 1. The van der Waals surface area contributed by atoms with Crippen molar-refractivity contribution in [2.75, 3.05) is 0 Å². The van der Waals surface area contributed by atoms with Crippen LogP contribution in [0.15, 0.2) is 4.99 Å². The average Bonchev–Trinajstić information content (AvgIpc) is 2.86. The summed E-state index contributed by atoms with van der Waals surface area (Å²) in [5.41, 5.74) is 0. The van der Waals surface area contributed by atoms with Crippen LogP contribution in [0.5, 0.6) is 0 Å². The molecule has 2 aliphatic rings. The Balaban J connectivity index is 1.70. The summed E-state index contributed by atoms with van der Waals surface area (Å²) in [6, 6.07) is 0. The first-order valence-corrected chi connectivity index (χ1v) is 5.53. The van der Waals surface area contributed by atoms with Crippen molar-refractivity contribution in [1.29, 1.82) is 0 Å². The molecule has 2 atom stereocenters. The van der Waals surface area contributed by atoms with Gasteiger partial charge in [0.05, 0.1) is 5.16 Å².